The molecule has 0 atom stereocenters. The highest BCUT2D eigenvalue weighted by Crippen LogP contribution is 2.39. The first-order chi connectivity index (χ1) is 31.6. The van der Waals surface area contributed by atoms with Crippen LogP contribution in [0.15, 0.2) is 112 Å². The number of methoxy groups -OCH3 is 7. The highest BCUT2D eigenvalue weighted by molar-refractivity contribution is 9.10. The maximum atomic E-state index is 14.1. The topological polar surface area (TPSA) is 185 Å². The summed E-state index contributed by atoms with van der Waals surface area (Å²) in [7, 11) is 9.75. The summed E-state index contributed by atoms with van der Waals surface area (Å²) in [6.07, 6.45) is 0. The van der Waals surface area contributed by atoms with Gasteiger partial charge in [0.25, 0.3) is 0 Å². The molecule has 0 fully saturated rings. The van der Waals surface area contributed by atoms with E-state index in [1.54, 1.807) is 12.1 Å². The SMILES string of the molecule is COc1cc(OC)cc(C(=O)C(=O)c2cc(Br)cc(Oc3cc(Oc4cc(Br)cc(C(=O)C(=O)c5cc(OC)cc(OC)c5)c4)cc(C(=O)C(=O)c4cc(OC)c(OC)c(OC)c4)c3)c2)c1. The van der Waals surface area contributed by atoms with Crippen LogP contribution in [0.2, 0.25) is 0 Å². The number of benzene rings is 6. The van der Waals surface area contributed by atoms with Gasteiger partial charge in [0.05, 0.1) is 49.8 Å². The Morgan fingerprint density at radius 3 is 0.803 bits per heavy atom. The fourth-order valence-electron chi connectivity index (χ4n) is 6.47. The predicted octanol–water partition coefficient (Wildman–Crippen LogP) is 10.1. The highest BCUT2D eigenvalue weighted by Gasteiger charge is 2.27. The fourth-order valence-corrected chi connectivity index (χ4v) is 7.42. The van der Waals surface area contributed by atoms with Crippen LogP contribution in [0.5, 0.6) is 63.2 Å². The van der Waals surface area contributed by atoms with E-state index >= 15 is 0 Å². The lowest BCUT2D eigenvalue weighted by atomic mass is 10.00. The minimum Gasteiger partial charge on any atom is -0.497 e. The maximum absolute atomic E-state index is 14.1. The smallest absolute Gasteiger partial charge is 0.233 e. The van der Waals surface area contributed by atoms with Crippen LogP contribution in [-0.2, 0) is 0 Å². The molecule has 0 saturated heterocycles. The fraction of sp³-hybridized carbons (Fsp3) is 0.143. The molecule has 17 heteroatoms. The Kier molecular flexibility index (Phi) is 15.3. The lowest BCUT2D eigenvalue weighted by molar-refractivity contribution is 0.0816. The van der Waals surface area contributed by atoms with Gasteiger partial charge in [0.2, 0.25) is 40.4 Å². The van der Waals surface area contributed by atoms with E-state index in [2.05, 4.69) is 31.9 Å². The van der Waals surface area contributed by atoms with Crippen LogP contribution in [0.3, 0.4) is 0 Å². The van der Waals surface area contributed by atoms with E-state index in [1.807, 2.05) is 0 Å². The average molecular weight is 1030 g/mol. The van der Waals surface area contributed by atoms with Gasteiger partial charge in [-0.1, -0.05) is 31.9 Å². The second-order valence-electron chi connectivity index (χ2n) is 13.8. The summed E-state index contributed by atoms with van der Waals surface area (Å²) in [5, 5.41) is 0. The lowest BCUT2D eigenvalue weighted by Gasteiger charge is -2.15. The Labute approximate surface area is 394 Å². The van der Waals surface area contributed by atoms with Crippen LogP contribution in [-0.4, -0.2) is 84.5 Å². The van der Waals surface area contributed by atoms with E-state index in [0.717, 1.165) is 0 Å². The van der Waals surface area contributed by atoms with Crippen LogP contribution in [0, 0.1) is 0 Å². The quantitative estimate of drug-likeness (QED) is 0.0519. The third kappa shape index (κ3) is 10.9. The Bertz CT molecular complexity index is 2710. The Morgan fingerprint density at radius 1 is 0.288 bits per heavy atom. The number of hydrogen-bond donors (Lipinski definition) is 0. The van der Waals surface area contributed by atoms with Crippen molar-refractivity contribution in [2.45, 2.75) is 0 Å². The number of ketones is 6. The predicted molar refractivity (Wildman–Crippen MR) is 246 cm³/mol. The van der Waals surface area contributed by atoms with E-state index in [-0.39, 0.29) is 73.6 Å². The van der Waals surface area contributed by atoms with Gasteiger partial charge in [-0.25, -0.2) is 0 Å². The summed E-state index contributed by atoms with van der Waals surface area (Å²) in [6.45, 7) is 0. The van der Waals surface area contributed by atoms with Gasteiger partial charge in [-0.15, -0.1) is 0 Å². The molecule has 0 bridgehead atoms. The number of hydrogen-bond acceptors (Lipinski definition) is 15. The summed E-state index contributed by atoms with van der Waals surface area (Å²) < 4.78 is 50.3. The molecule has 0 radical (unpaired) electrons. The molecule has 0 aliphatic heterocycles. The number of halogens is 2. The van der Waals surface area contributed by atoms with Gasteiger partial charge in [-0.05, 0) is 84.9 Å². The number of Topliss-reactive ketones (excluding diaryl/α,β-unsaturated/α-hetero) is 6. The van der Waals surface area contributed by atoms with Gasteiger partial charge < -0.3 is 42.6 Å². The van der Waals surface area contributed by atoms with E-state index in [0.29, 0.717) is 31.9 Å². The first kappa shape index (κ1) is 48.0. The second kappa shape index (κ2) is 21.0. The Morgan fingerprint density at radius 2 is 0.530 bits per heavy atom. The van der Waals surface area contributed by atoms with Crippen LogP contribution >= 0.6 is 31.9 Å². The normalized spacial score (nSPS) is 10.6. The minimum absolute atomic E-state index is 0.0192. The zero-order valence-electron chi connectivity index (χ0n) is 36.2. The first-order valence-electron chi connectivity index (χ1n) is 19.3. The molecule has 0 heterocycles. The standard InChI is InChI=1S/C49H38Br2O15/c1-58-33-10-27(11-34(22-33)59-2)45(54)43(52)25-8-31(50)20-37(14-25)65-39-16-29(47(56)48(57)30-18-41(62-5)49(64-7)42(19-30)63-6)17-40(24-39)66-38-15-26(9-32(51)21-38)44(53)46(55)28-12-35(60-3)23-36(13-28)61-4/h8-24H,1-7H3. The maximum Gasteiger partial charge on any atom is 0.233 e. The van der Waals surface area contributed by atoms with E-state index < -0.39 is 34.7 Å². The zero-order valence-corrected chi connectivity index (χ0v) is 39.4. The van der Waals surface area contributed by atoms with Crippen molar-refractivity contribution in [1.29, 1.82) is 0 Å². The van der Waals surface area contributed by atoms with E-state index in [4.69, 9.17) is 42.6 Å². The lowest BCUT2D eigenvalue weighted by Crippen LogP contribution is -2.15. The average Bonchev–Trinajstić information content (AvgIpc) is 3.33. The number of rotatable bonds is 20. The second-order valence-corrected chi connectivity index (χ2v) is 15.7. The molecule has 0 aliphatic rings. The van der Waals surface area contributed by atoms with Crippen molar-refractivity contribution in [2.75, 3.05) is 49.8 Å². The summed E-state index contributed by atoms with van der Waals surface area (Å²) in [5.74, 6) is -3.84. The molecule has 6 aromatic carbocycles. The molecule has 0 unspecified atom stereocenters. The molecule has 0 amide bonds. The van der Waals surface area contributed by atoms with Crippen LogP contribution in [0.4, 0.5) is 0 Å². The van der Waals surface area contributed by atoms with Crippen LogP contribution < -0.4 is 42.6 Å². The molecular weight excluding hydrogens is 988 g/mol. The molecule has 338 valence electrons. The molecular formula is C49H38Br2O15. The number of ether oxygens (including phenoxy) is 9. The van der Waals surface area contributed by atoms with E-state index in [9.17, 15) is 28.8 Å². The van der Waals surface area contributed by atoms with Gasteiger partial charge in [0.15, 0.2) is 11.5 Å². The van der Waals surface area contributed by atoms with Crippen molar-refractivity contribution in [3.63, 3.8) is 0 Å². The summed E-state index contributed by atoms with van der Waals surface area (Å²) >= 11 is 6.76. The van der Waals surface area contributed by atoms with E-state index in [1.165, 1.54) is 141 Å². The van der Waals surface area contributed by atoms with Crippen molar-refractivity contribution in [3.05, 3.63) is 145 Å². The third-order valence-electron chi connectivity index (χ3n) is 9.65. The zero-order chi connectivity index (χ0) is 47.8. The van der Waals surface area contributed by atoms with Crippen molar-refractivity contribution in [1.82, 2.24) is 0 Å². The number of carbonyl (C=O) groups is 6. The van der Waals surface area contributed by atoms with Crippen molar-refractivity contribution in [3.8, 4) is 63.2 Å². The largest absolute Gasteiger partial charge is 0.497 e. The van der Waals surface area contributed by atoms with Crippen LogP contribution in [0.25, 0.3) is 0 Å². The minimum atomic E-state index is -1.01. The molecule has 15 nitrogen and oxygen atoms in total. The molecule has 0 aliphatic carbocycles. The first-order valence-corrected chi connectivity index (χ1v) is 20.9. The molecule has 0 aromatic heterocycles. The van der Waals surface area contributed by atoms with Gasteiger partial charge >= 0.3 is 0 Å². The molecule has 0 N–H and O–H groups in total. The summed E-state index contributed by atoms with van der Waals surface area (Å²) in [6, 6.07) is 23.8. The molecule has 66 heavy (non-hydrogen) atoms. The molecule has 6 rings (SSSR count). The molecule has 0 spiro atoms. The van der Waals surface area contributed by atoms with Gasteiger partial charge in [-0.2, -0.15) is 0 Å². The van der Waals surface area contributed by atoms with Crippen LogP contribution in [0.1, 0.15) is 62.1 Å². The van der Waals surface area contributed by atoms with Crippen molar-refractivity contribution >= 4 is 66.6 Å². The monoisotopic (exact) mass is 1020 g/mol. The third-order valence-corrected chi connectivity index (χ3v) is 10.6. The van der Waals surface area contributed by atoms with Gasteiger partial charge in [0.1, 0.15) is 46.0 Å². The highest BCUT2D eigenvalue weighted by atomic mass is 79.9. The van der Waals surface area contributed by atoms with Gasteiger partial charge in [-0.3, -0.25) is 28.8 Å². The Balaban J connectivity index is 1.39. The molecule has 0 saturated carbocycles. The molecule has 6 aromatic rings. The van der Waals surface area contributed by atoms with Gasteiger partial charge in [0, 0.05) is 60.5 Å². The summed E-state index contributed by atoms with van der Waals surface area (Å²) in [4.78, 5) is 82.2. The van der Waals surface area contributed by atoms with Crippen molar-refractivity contribution < 1.29 is 71.4 Å². The number of carbonyl (C=O) groups excluding carboxylic acids is 6. The summed E-state index contributed by atoms with van der Waals surface area (Å²) in [5.41, 5.74) is -0.369. The van der Waals surface area contributed by atoms with Crippen molar-refractivity contribution in [2.24, 2.45) is 0 Å². The Hall–Kier alpha value is -7.50.